The summed E-state index contributed by atoms with van der Waals surface area (Å²) in [5, 5.41) is 5.44. The molecular formula is C21H20N4O. The van der Waals surface area contributed by atoms with Crippen LogP contribution in [0.4, 0.5) is 0 Å². The minimum Gasteiger partial charge on any atom is -0.351 e. The van der Waals surface area contributed by atoms with Crippen LogP contribution < -0.4 is 0 Å². The van der Waals surface area contributed by atoms with Crippen LogP contribution >= 0.6 is 0 Å². The number of amides is 1. The molecule has 1 amide bonds. The molecule has 0 bridgehead atoms. The van der Waals surface area contributed by atoms with Crippen molar-refractivity contribution in [2.75, 3.05) is 7.05 Å². The highest BCUT2D eigenvalue weighted by molar-refractivity contribution is 5.98. The number of hydrogen-bond acceptors (Lipinski definition) is 2. The average Bonchev–Trinajstić information content (AvgIpc) is 3.32. The highest BCUT2D eigenvalue weighted by atomic mass is 16.2. The Morgan fingerprint density at radius 3 is 2.73 bits per heavy atom. The molecule has 4 rings (SSSR count). The Morgan fingerprint density at radius 1 is 1.08 bits per heavy atom. The number of aryl methyl sites for hydroxylation is 1. The Morgan fingerprint density at radius 2 is 1.92 bits per heavy atom. The lowest BCUT2D eigenvalue weighted by molar-refractivity contribution is 0.0785. The van der Waals surface area contributed by atoms with Gasteiger partial charge in [0.1, 0.15) is 0 Å². The largest absolute Gasteiger partial charge is 0.351 e. The van der Waals surface area contributed by atoms with Gasteiger partial charge >= 0.3 is 0 Å². The molecule has 5 nitrogen and oxygen atoms in total. The highest BCUT2D eigenvalue weighted by Crippen LogP contribution is 2.20. The van der Waals surface area contributed by atoms with Crippen LogP contribution in [0.15, 0.2) is 73.2 Å². The topological polar surface area (TPSA) is 43.1 Å². The quantitative estimate of drug-likeness (QED) is 0.567. The Balaban J connectivity index is 1.61. The Bertz CT molecular complexity index is 1060. The zero-order valence-corrected chi connectivity index (χ0v) is 14.8. The van der Waals surface area contributed by atoms with Crippen molar-refractivity contribution in [3.8, 4) is 5.69 Å². The number of aromatic nitrogens is 3. The summed E-state index contributed by atoms with van der Waals surface area (Å²) in [5.74, 6) is 0.00312. The third-order valence-electron chi connectivity index (χ3n) is 4.63. The van der Waals surface area contributed by atoms with Gasteiger partial charge in [-0.1, -0.05) is 24.3 Å². The molecule has 2 aromatic heterocycles. The van der Waals surface area contributed by atoms with Crippen LogP contribution in [-0.4, -0.2) is 32.2 Å². The standard InChI is InChI=1S/C21H20N4O/c1-23-13-10-16-8-9-17(14-20(16)23)21(26)24(2)15-18-6-3-4-7-19(18)25-12-5-11-22-25/h3-14H,15H2,1-2H3. The number of rotatable bonds is 4. The smallest absolute Gasteiger partial charge is 0.253 e. The van der Waals surface area contributed by atoms with E-state index in [4.69, 9.17) is 0 Å². The van der Waals surface area contributed by atoms with Gasteiger partial charge in [0.15, 0.2) is 0 Å². The second-order valence-corrected chi connectivity index (χ2v) is 6.44. The van der Waals surface area contributed by atoms with Gasteiger partial charge in [-0.05, 0) is 41.3 Å². The van der Waals surface area contributed by atoms with Crippen molar-refractivity contribution in [2.45, 2.75) is 6.54 Å². The number of benzene rings is 2. The molecule has 0 atom stereocenters. The van der Waals surface area contributed by atoms with E-state index in [9.17, 15) is 4.79 Å². The first kappa shape index (κ1) is 16.1. The summed E-state index contributed by atoms with van der Waals surface area (Å²) in [6.45, 7) is 0.514. The Hall–Kier alpha value is -3.34. The lowest BCUT2D eigenvalue weighted by Gasteiger charge is -2.19. The molecule has 0 aliphatic carbocycles. The number of nitrogens with zero attached hydrogens (tertiary/aromatic N) is 4. The van der Waals surface area contributed by atoms with E-state index in [1.807, 2.05) is 90.3 Å². The monoisotopic (exact) mass is 344 g/mol. The van der Waals surface area contributed by atoms with Gasteiger partial charge in [0.25, 0.3) is 5.91 Å². The molecule has 0 N–H and O–H groups in total. The molecular weight excluding hydrogens is 324 g/mol. The van der Waals surface area contributed by atoms with Gasteiger partial charge in [0, 0.05) is 50.3 Å². The Labute approximate surface area is 152 Å². The van der Waals surface area contributed by atoms with E-state index in [1.165, 1.54) is 0 Å². The number of para-hydroxylation sites is 1. The first-order valence-corrected chi connectivity index (χ1v) is 8.52. The average molecular weight is 344 g/mol. The molecule has 0 aliphatic heterocycles. The van der Waals surface area contributed by atoms with Gasteiger partial charge in [-0.15, -0.1) is 0 Å². The van der Waals surface area contributed by atoms with E-state index < -0.39 is 0 Å². The molecule has 0 saturated carbocycles. The summed E-state index contributed by atoms with van der Waals surface area (Å²) < 4.78 is 3.85. The van der Waals surface area contributed by atoms with E-state index in [1.54, 1.807) is 11.1 Å². The van der Waals surface area contributed by atoms with E-state index in [0.717, 1.165) is 22.2 Å². The van der Waals surface area contributed by atoms with Crippen molar-refractivity contribution < 1.29 is 4.79 Å². The number of carbonyl (C=O) groups is 1. The first-order valence-electron chi connectivity index (χ1n) is 8.52. The van der Waals surface area contributed by atoms with Crippen LogP contribution in [-0.2, 0) is 13.6 Å². The molecule has 5 heteroatoms. The first-order chi connectivity index (χ1) is 12.6. The molecule has 0 unspecified atom stereocenters. The lowest BCUT2D eigenvalue weighted by Crippen LogP contribution is -2.26. The van der Waals surface area contributed by atoms with Crippen LogP contribution in [0.3, 0.4) is 0 Å². The number of fused-ring (bicyclic) bond motifs is 1. The second-order valence-electron chi connectivity index (χ2n) is 6.44. The summed E-state index contributed by atoms with van der Waals surface area (Å²) in [7, 11) is 3.82. The van der Waals surface area contributed by atoms with Gasteiger partial charge in [-0.2, -0.15) is 5.10 Å². The third kappa shape index (κ3) is 2.88. The maximum atomic E-state index is 12.9. The summed E-state index contributed by atoms with van der Waals surface area (Å²) >= 11 is 0. The van der Waals surface area contributed by atoms with Crippen molar-refractivity contribution in [2.24, 2.45) is 7.05 Å². The van der Waals surface area contributed by atoms with Crippen LogP contribution in [0.2, 0.25) is 0 Å². The summed E-state index contributed by atoms with van der Waals surface area (Å²) in [5.41, 5.74) is 3.78. The summed E-state index contributed by atoms with van der Waals surface area (Å²) in [6, 6.07) is 17.8. The van der Waals surface area contributed by atoms with Gasteiger partial charge in [-0.25, -0.2) is 4.68 Å². The molecule has 0 saturated heterocycles. The SMILES string of the molecule is CN(Cc1ccccc1-n1cccn1)C(=O)c1ccc2ccn(C)c2c1. The van der Waals surface area contributed by atoms with Gasteiger partial charge in [0.2, 0.25) is 0 Å². The van der Waals surface area contributed by atoms with Crippen molar-refractivity contribution in [1.82, 2.24) is 19.2 Å². The predicted octanol–water partition coefficient (Wildman–Crippen LogP) is 3.64. The summed E-state index contributed by atoms with van der Waals surface area (Å²) in [4.78, 5) is 14.7. The molecule has 2 aromatic carbocycles. The number of hydrogen-bond donors (Lipinski definition) is 0. The zero-order valence-electron chi connectivity index (χ0n) is 14.8. The molecule has 2 heterocycles. The minimum absolute atomic E-state index is 0.00312. The van der Waals surface area contributed by atoms with Gasteiger partial charge in [0.05, 0.1) is 5.69 Å². The van der Waals surface area contributed by atoms with Gasteiger partial charge in [-0.3, -0.25) is 4.79 Å². The fourth-order valence-electron chi connectivity index (χ4n) is 3.22. The molecule has 0 aliphatic rings. The third-order valence-corrected chi connectivity index (χ3v) is 4.63. The van der Waals surface area contributed by atoms with E-state index >= 15 is 0 Å². The van der Waals surface area contributed by atoms with Gasteiger partial charge < -0.3 is 9.47 Å². The minimum atomic E-state index is 0.00312. The van der Waals surface area contributed by atoms with Crippen molar-refractivity contribution in [1.29, 1.82) is 0 Å². The van der Waals surface area contributed by atoms with Crippen LogP contribution in [0.1, 0.15) is 15.9 Å². The molecule has 0 fully saturated rings. The fraction of sp³-hybridized carbons (Fsp3) is 0.143. The van der Waals surface area contributed by atoms with Crippen LogP contribution in [0.25, 0.3) is 16.6 Å². The molecule has 130 valence electrons. The predicted molar refractivity (Wildman–Crippen MR) is 102 cm³/mol. The van der Waals surface area contributed by atoms with Crippen molar-refractivity contribution in [3.63, 3.8) is 0 Å². The Kier molecular flexibility index (Phi) is 4.05. The molecule has 4 aromatic rings. The normalized spacial score (nSPS) is 11.0. The molecule has 0 radical (unpaired) electrons. The zero-order chi connectivity index (χ0) is 18.1. The number of carbonyl (C=O) groups excluding carboxylic acids is 1. The maximum absolute atomic E-state index is 12.9. The van der Waals surface area contributed by atoms with Crippen LogP contribution in [0.5, 0.6) is 0 Å². The van der Waals surface area contributed by atoms with E-state index in [0.29, 0.717) is 12.1 Å². The fourth-order valence-corrected chi connectivity index (χ4v) is 3.22. The summed E-state index contributed by atoms with van der Waals surface area (Å²) in [6.07, 6.45) is 5.66. The van der Waals surface area contributed by atoms with Crippen molar-refractivity contribution >= 4 is 16.8 Å². The maximum Gasteiger partial charge on any atom is 0.253 e. The van der Waals surface area contributed by atoms with E-state index in [2.05, 4.69) is 5.10 Å². The molecule has 26 heavy (non-hydrogen) atoms. The van der Waals surface area contributed by atoms with Crippen molar-refractivity contribution in [3.05, 3.63) is 84.3 Å². The second kappa shape index (κ2) is 6.52. The van der Waals surface area contributed by atoms with Crippen LogP contribution in [0, 0.1) is 0 Å². The lowest BCUT2D eigenvalue weighted by atomic mass is 10.1. The van der Waals surface area contributed by atoms with E-state index in [-0.39, 0.29) is 5.91 Å². The molecule has 0 spiro atoms. The highest BCUT2D eigenvalue weighted by Gasteiger charge is 2.15.